The maximum absolute atomic E-state index is 13.0. The van der Waals surface area contributed by atoms with Gasteiger partial charge in [-0.05, 0) is 25.0 Å². The molecule has 1 aromatic rings. The third kappa shape index (κ3) is 4.38. The Hall–Kier alpha value is -1.27. The van der Waals surface area contributed by atoms with E-state index in [1.54, 1.807) is 0 Å². The van der Waals surface area contributed by atoms with Crippen LogP contribution in [0.15, 0.2) is 12.1 Å². The SMILES string of the molecule is CCC(N)(CC)CNC(=O)c1cc(F)c(F)c(F)c1.Cl. The van der Waals surface area contributed by atoms with Gasteiger partial charge in [0.2, 0.25) is 0 Å². The van der Waals surface area contributed by atoms with Crippen molar-refractivity contribution in [2.45, 2.75) is 32.2 Å². The van der Waals surface area contributed by atoms with Crippen LogP contribution in [0.2, 0.25) is 0 Å². The van der Waals surface area contributed by atoms with Gasteiger partial charge in [-0.25, -0.2) is 13.2 Å². The Morgan fingerprint density at radius 3 is 2.05 bits per heavy atom. The van der Waals surface area contributed by atoms with Crippen LogP contribution in [0.4, 0.5) is 13.2 Å². The fourth-order valence-corrected chi connectivity index (χ4v) is 1.54. The Morgan fingerprint density at radius 2 is 1.65 bits per heavy atom. The van der Waals surface area contributed by atoms with Crippen molar-refractivity contribution in [2.24, 2.45) is 5.73 Å². The summed E-state index contributed by atoms with van der Waals surface area (Å²) in [4.78, 5) is 11.7. The summed E-state index contributed by atoms with van der Waals surface area (Å²) in [5.74, 6) is -5.06. The van der Waals surface area contributed by atoms with Crippen molar-refractivity contribution >= 4 is 18.3 Å². The fraction of sp³-hybridized carbons (Fsp3) is 0.462. The van der Waals surface area contributed by atoms with E-state index < -0.39 is 28.9 Å². The van der Waals surface area contributed by atoms with Crippen LogP contribution >= 0.6 is 12.4 Å². The number of rotatable bonds is 5. The first-order valence-corrected chi connectivity index (χ1v) is 6.04. The molecule has 1 aromatic carbocycles. The smallest absolute Gasteiger partial charge is 0.251 e. The summed E-state index contributed by atoms with van der Waals surface area (Å²) in [6.45, 7) is 3.94. The molecule has 0 heterocycles. The van der Waals surface area contributed by atoms with Crippen LogP contribution < -0.4 is 11.1 Å². The van der Waals surface area contributed by atoms with E-state index >= 15 is 0 Å². The number of amides is 1. The van der Waals surface area contributed by atoms with Crippen molar-refractivity contribution < 1.29 is 18.0 Å². The summed E-state index contributed by atoms with van der Waals surface area (Å²) in [5.41, 5.74) is 5.15. The van der Waals surface area contributed by atoms with Crippen LogP contribution in [0.25, 0.3) is 0 Å². The number of hydrogen-bond donors (Lipinski definition) is 2. The van der Waals surface area contributed by atoms with E-state index in [0.717, 1.165) is 0 Å². The number of hydrogen-bond acceptors (Lipinski definition) is 2. The highest BCUT2D eigenvalue weighted by atomic mass is 35.5. The summed E-state index contributed by atoms with van der Waals surface area (Å²) in [5, 5.41) is 2.50. The van der Waals surface area contributed by atoms with Gasteiger partial charge < -0.3 is 11.1 Å². The minimum absolute atomic E-state index is 0. The van der Waals surface area contributed by atoms with Crippen molar-refractivity contribution in [3.63, 3.8) is 0 Å². The normalized spacial score (nSPS) is 10.9. The Morgan fingerprint density at radius 1 is 1.20 bits per heavy atom. The molecule has 0 aliphatic rings. The third-order valence-corrected chi connectivity index (χ3v) is 3.26. The molecule has 3 nitrogen and oxygen atoms in total. The number of nitrogens with two attached hydrogens (primary N) is 1. The van der Waals surface area contributed by atoms with Gasteiger partial charge in [0.05, 0.1) is 0 Å². The van der Waals surface area contributed by atoms with Crippen molar-refractivity contribution in [1.29, 1.82) is 0 Å². The lowest BCUT2D eigenvalue weighted by Crippen LogP contribution is -2.49. The van der Waals surface area contributed by atoms with Crippen molar-refractivity contribution in [1.82, 2.24) is 5.32 Å². The second-order valence-corrected chi connectivity index (χ2v) is 4.51. The molecule has 0 fully saturated rings. The number of carbonyl (C=O) groups is 1. The number of nitrogens with one attached hydrogen (secondary N) is 1. The molecular formula is C13H18ClF3N2O. The van der Waals surface area contributed by atoms with E-state index in [-0.39, 0.29) is 24.5 Å². The van der Waals surface area contributed by atoms with E-state index in [9.17, 15) is 18.0 Å². The van der Waals surface area contributed by atoms with Crippen molar-refractivity contribution in [2.75, 3.05) is 6.54 Å². The lowest BCUT2D eigenvalue weighted by Gasteiger charge is -2.26. The number of halogens is 4. The molecule has 0 saturated heterocycles. The van der Waals surface area contributed by atoms with Crippen molar-refractivity contribution in [3.05, 3.63) is 35.1 Å². The van der Waals surface area contributed by atoms with Crippen LogP contribution in [0, 0.1) is 17.5 Å². The summed E-state index contributed by atoms with van der Waals surface area (Å²) in [6.07, 6.45) is 1.30. The molecular weight excluding hydrogens is 293 g/mol. The molecule has 0 unspecified atom stereocenters. The van der Waals surface area contributed by atoms with Crippen LogP contribution in [0.5, 0.6) is 0 Å². The topological polar surface area (TPSA) is 55.1 Å². The van der Waals surface area contributed by atoms with Crippen LogP contribution in [-0.4, -0.2) is 18.0 Å². The van der Waals surface area contributed by atoms with E-state index in [2.05, 4.69) is 5.32 Å². The summed E-state index contributed by atoms with van der Waals surface area (Å²) >= 11 is 0. The molecule has 0 aromatic heterocycles. The highest BCUT2D eigenvalue weighted by Crippen LogP contribution is 2.14. The molecule has 0 atom stereocenters. The maximum Gasteiger partial charge on any atom is 0.251 e. The van der Waals surface area contributed by atoms with Crippen molar-refractivity contribution in [3.8, 4) is 0 Å². The molecule has 0 spiro atoms. The van der Waals surface area contributed by atoms with Crippen LogP contribution in [0.3, 0.4) is 0 Å². The van der Waals surface area contributed by atoms with Gasteiger partial charge in [0.25, 0.3) is 5.91 Å². The first kappa shape index (κ1) is 18.7. The Balaban J connectivity index is 0.00000361. The highest BCUT2D eigenvalue weighted by Gasteiger charge is 2.22. The molecule has 0 bridgehead atoms. The second kappa shape index (κ2) is 7.50. The molecule has 20 heavy (non-hydrogen) atoms. The lowest BCUT2D eigenvalue weighted by atomic mass is 9.94. The minimum atomic E-state index is -1.59. The first-order valence-electron chi connectivity index (χ1n) is 6.04. The zero-order valence-electron chi connectivity index (χ0n) is 11.3. The third-order valence-electron chi connectivity index (χ3n) is 3.26. The van der Waals surface area contributed by atoms with Gasteiger partial charge in [-0.3, -0.25) is 4.79 Å². The van der Waals surface area contributed by atoms with E-state index in [4.69, 9.17) is 5.73 Å². The monoisotopic (exact) mass is 310 g/mol. The average molecular weight is 311 g/mol. The molecule has 0 aliphatic carbocycles. The lowest BCUT2D eigenvalue weighted by molar-refractivity contribution is 0.0941. The molecule has 114 valence electrons. The second-order valence-electron chi connectivity index (χ2n) is 4.51. The summed E-state index contributed by atoms with van der Waals surface area (Å²) < 4.78 is 38.7. The predicted molar refractivity (Wildman–Crippen MR) is 73.4 cm³/mol. The zero-order valence-corrected chi connectivity index (χ0v) is 12.1. The molecule has 0 saturated carbocycles. The highest BCUT2D eigenvalue weighted by molar-refractivity contribution is 5.94. The number of carbonyl (C=O) groups excluding carboxylic acids is 1. The molecule has 7 heteroatoms. The predicted octanol–water partition coefficient (Wildman–Crippen LogP) is 2.77. The minimum Gasteiger partial charge on any atom is -0.350 e. The standard InChI is InChI=1S/C13H17F3N2O.ClH/c1-3-13(17,4-2)7-18-12(19)8-5-9(14)11(16)10(15)6-8;/h5-6H,3-4,7,17H2,1-2H3,(H,18,19);1H. The molecule has 3 N–H and O–H groups in total. The van der Waals surface area contributed by atoms with Crippen LogP contribution in [-0.2, 0) is 0 Å². The summed E-state index contributed by atoms with van der Waals surface area (Å²) in [6, 6.07) is 1.31. The van der Waals surface area contributed by atoms with Gasteiger partial charge in [0, 0.05) is 17.6 Å². The first-order chi connectivity index (χ1) is 8.83. The molecule has 0 aliphatic heterocycles. The Bertz CT molecular complexity index is 456. The average Bonchev–Trinajstić information content (AvgIpc) is 2.41. The van der Waals surface area contributed by atoms with Gasteiger partial charge in [0.1, 0.15) is 0 Å². The van der Waals surface area contributed by atoms with Gasteiger partial charge >= 0.3 is 0 Å². The van der Waals surface area contributed by atoms with E-state index in [0.29, 0.717) is 25.0 Å². The molecule has 1 rings (SSSR count). The largest absolute Gasteiger partial charge is 0.350 e. The molecule has 0 radical (unpaired) electrons. The van der Waals surface area contributed by atoms with E-state index in [1.165, 1.54) is 0 Å². The van der Waals surface area contributed by atoms with Crippen LogP contribution in [0.1, 0.15) is 37.0 Å². The summed E-state index contributed by atoms with van der Waals surface area (Å²) in [7, 11) is 0. The van der Waals surface area contributed by atoms with E-state index in [1.807, 2.05) is 13.8 Å². The Kier molecular flexibility index (Phi) is 7.02. The van der Waals surface area contributed by atoms with Gasteiger partial charge in [-0.15, -0.1) is 12.4 Å². The van der Waals surface area contributed by atoms with Gasteiger partial charge in [0.15, 0.2) is 17.5 Å². The maximum atomic E-state index is 13.0. The van der Waals surface area contributed by atoms with Gasteiger partial charge in [-0.2, -0.15) is 0 Å². The Labute approximate surface area is 122 Å². The zero-order chi connectivity index (χ0) is 14.6. The van der Waals surface area contributed by atoms with Gasteiger partial charge in [-0.1, -0.05) is 13.8 Å². The quantitative estimate of drug-likeness (QED) is 0.822. The molecule has 1 amide bonds. The number of benzene rings is 1. The fourth-order valence-electron chi connectivity index (χ4n) is 1.54.